The van der Waals surface area contributed by atoms with Gasteiger partial charge in [0.2, 0.25) is 11.8 Å². The third-order valence-corrected chi connectivity index (χ3v) is 4.26. The van der Waals surface area contributed by atoms with Crippen LogP contribution in [0.4, 0.5) is 4.39 Å². The maximum absolute atomic E-state index is 13.2. The van der Waals surface area contributed by atoms with Gasteiger partial charge < -0.3 is 15.1 Å². The zero-order chi connectivity index (χ0) is 17.4. The van der Waals surface area contributed by atoms with Crippen LogP contribution in [0.2, 0.25) is 0 Å². The van der Waals surface area contributed by atoms with Gasteiger partial charge in [-0.2, -0.15) is 0 Å². The molecule has 2 rings (SSSR count). The van der Waals surface area contributed by atoms with E-state index in [-0.39, 0.29) is 36.5 Å². The number of halogens is 2. The molecular weight excluding hydrogens is 345 g/mol. The van der Waals surface area contributed by atoms with E-state index in [1.807, 2.05) is 11.9 Å². The SMILES string of the molecule is CNCCCC(=O)N1CCCN(C(=O)Cc2cccc(F)c2)CC1.Cl. The molecule has 0 spiro atoms. The number of hydrogen-bond acceptors (Lipinski definition) is 3. The highest BCUT2D eigenvalue weighted by atomic mass is 35.5. The second kappa shape index (κ2) is 11.1. The number of carbonyl (C=O) groups is 2. The Morgan fingerprint density at radius 2 is 1.80 bits per heavy atom. The van der Waals surface area contributed by atoms with Crippen molar-refractivity contribution >= 4 is 24.2 Å². The van der Waals surface area contributed by atoms with Crippen molar-refractivity contribution in [3.8, 4) is 0 Å². The summed E-state index contributed by atoms with van der Waals surface area (Å²) in [7, 11) is 1.87. The van der Waals surface area contributed by atoms with Crippen LogP contribution in [0, 0.1) is 5.82 Å². The van der Waals surface area contributed by atoms with Crippen LogP contribution in [0.1, 0.15) is 24.8 Å². The number of nitrogens with zero attached hydrogens (tertiary/aromatic N) is 2. The minimum absolute atomic E-state index is 0. The lowest BCUT2D eigenvalue weighted by Gasteiger charge is -2.22. The van der Waals surface area contributed by atoms with Crippen LogP contribution >= 0.6 is 12.4 Å². The Hall–Kier alpha value is -1.66. The van der Waals surface area contributed by atoms with E-state index < -0.39 is 0 Å². The molecule has 0 aliphatic carbocycles. The fraction of sp³-hybridized carbons (Fsp3) is 0.556. The van der Waals surface area contributed by atoms with Gasteiger partial charge in [-0.1, -0.05) is 12.1 Å². The fourth-order valence-electron chi connectivity index (χ4n) is 2.92. The average molecular weight is 372 g/mol. The lowest BCUT2D eigenvalue weighted by atomic mass is 10.1. The fourth-order valence-corrected chi connectivity index (χ4v) is 2.92. The van der Waals surface area contributed by atoms with Gasteiger partial charge in [0.05, 0.1) is 6.42 Å². The van der Waals surface area contributed by atoms with E-state index in [2.05, 4.69) is 5.32 Å². The molecule has 1 aliphatic rings. The van der Waals surface area contributed by atoms with Crippen LogP contribution in [-0.4, -0.2) is 61.4 Å². The Kier molecular flexibility index (Phi) is 9.45. The topological polar surface area (TPSA) is 52.7 Å². The number of benzene rings is 1. The Bertz CT molecular complexity index is 571. The van der Waals surface area contributed by atoms with Crippen LogP contribution in [0.5, 0.6) is 0 Å². The van der Waals surface area contributed by atoms with Crippen LogP contribution in [0.25, 0.3) is 0 Å². The van der Waals surface area contributed by atoms with Gasteiger partial charge in [0.1, 0.15) is 5.82 Å². The minimum atomic E-state index is -0.325. The normalized spacial score (nSPS) is 14.6. The first-order valence-electron chi connectivity index (χ1n) is 8.54. The van der Waals surface area contributed by atoms with Crippen molar-refractivity contribution in [1.82, 2.24) is 15.1 Å². The molecule has 7 heteroatoms. The van der Waals surface area contributed by atoms with Crippen molar-refractivity contribution < 1.29 is 14.0 Å². The smallest absolute Gasteiger partial charge is 0.227 e. The molecule has 1 aromatic carbocycles. The third-order valence-electron chi connectivity index (χ3n) is 4.26. The maximum atomic E-state index is 13.2. The third kappa shape index (κ3) is 7.00. The highest BCUT2D eigenvalue weighted by Gasteiger charge is 2.21. The van der Waals surface area contributed by atoms with Gasteiger partial charge in [-0.3, -0.25) is 9.59 Å². The van der Waals surface area contributed by atoms with Crippen LogP contribution in [-0.2, 0) is 16.0 Å². The van der Waals surface area contributed by atoms with Crippen molar-refractivity contribution in [3.63, 3.8) is 0 Å². The molecule has 1 heterocycles. The van der Waals surface area contributed by atoms with Gasteiger partial charge in [0, 0.05) is 32.6 Å². The standard InChI is InChI=1S/C18H26FN3O2.ClH/c1-20-8-3-7-17(23)21-9-4-10-22(12-11-21)18(24)14-15-5-2-6-16(19)13-15;/h2,5-6,13,20H,3-4,7-12,14H2,1H3;1H. The summed E-state index contributed by atoms with van der Waals surface area (Å²) in [4.78, 5) is 28.2. The predicted octanol–water partition coefficient (Wildman–Crippen LogP) is 1.85. The largest absolute Gasteiger partial charge is 0.341 e. The van der Waals surface area contributed by atoms with Crippen molar-refractivity contribution in [2.24, 2.45) is 0 Å². The van der Waals surface area contributed by atoms with E-state index in [1.54, 1.807) is 17.0 Å². The number of carbonyl (C=O) groups excluding carboxylic acids is 2. The first-order chi connectivity index (χ1) is 11.6. The lowest BCUT2D eigenvalue weighted by Crippen LogP contribution is -2.38. The van der Waals surface area contributed by atoms with Crippen molar-refractivity contribution in [2.45, 2.75) is 25.7 Å². The minimum Gasteiger partial charge on any atom is -0.341 e. The molecule has 0 unspecified atom stereocenters. The number of amides is 2. The summed E-state index contributed by atoms with van der Waals surface area (Å²) in [5.41, 5.74) is 0.684. The van der Waals surface area contributed by atoms with Crippen LogP contribution in [0.3, 0.4) is 0 Å². The van der Waals surface area contributed by atoms with E-state index in [0.29, 0.717) is 38.2 Å². The van der Waals surface area contributed by atoms with Gasteiger partial charge in [0.25, 0.3) is 0 Å². The Labute approximate surface area is 155 Å². The van der Waals surface area contributed by atoms with E-state index in [4.69, 9.17) is 0 Å². The zero-order valence-corrected chi connectivity index (χ0v) is 15.5. The molecule has 0 bridgehead atoms. The molecule has 0 saturated carbocycles. The second-order valence-corrected chi connectivity index (χ2v) is 6.13. The quantitative estimate of drug-likeness (QED) is 0.776. The molecule has 5 nitrogen and oxygen atoms in total. The monoisotopic (exact) mass is 371 g/mol. The van der Waals surface area contributed by atoms with Gasteiger partial charge >= 0.3 is 0 Å². The summed E-state index contributed by atoms with van der Waals surface area (Å²) >= 11 is 0. The number of hydrogen-bond donors (Lipinski definition) is 1. The van der Waals surface area contributed by atoms with Crippen molar-refractivity contribution in [1.29, 1.82) is 0 Å². The van der Waals surface area contributed by atoms with E-state index in [0.717, 1.165) is 19.4 Å². The molecule has 1 aliphatic heterocycles. The summed E-state index contributed by atoms with van der Waals surface area (Å²) in [5.74, 6) is -0.177. The Balaban J connectivity index is 0.00000312. The first kappa shape index (κ1) is 21.4. The molecule has 0 radical (unpaired) electrons. The summed E-state index contributed by atoms with van der Waals surface area (Å²) in [6.45, 7) is 3.30. The molecule has 1 N–H and O–H groups in total. The van der Waals surface area contributed by atoms with Gasteiger partial charge in [-0.15, -0.1) is 12.4 Å². The van der Waals surface area contributed by atoms with E-state index in [9.17, 15) is 14.0 Å². The summed E-state index contributed by atoms with van der Waals surface area (Å²) < 4.78 is 13.2. The highest BCUT2D eigenvalue weighted by Crippen LogP contribution is 2.10. The molecule has 1 saturated heterocycles. The average Bonchev–Trinajstić information content (AvgIpc) is 2.81. The van der Waals surface area contributed by atoms with E-state index in [1.165, 1.54) is 12.1 Å². The molecule has 2 amide bonds. The molecule has 140 valence electrons. The maximum Gasteiger partial charge on any atom is 0.227 e. The molecule has 0 atom stereocenters. The zero-order valence-electron chi connectivity index (χ0n) is 14.7. The summed E-state index contributed by atoms with van der Waals surface area (Å²) in [6.07, 6.45) is 2.35. The summed E-state index contributed by atoms with van der Waals surface area (Å²) in [6, 6.07) is 6.15. The van der Waals surface area contributed by atoms with Crippen molar-refractivity contribution in [2.75, 3.05) is 39.8 Å². The number of rotatable bonds is 6. The molecular formula is C18H27ClFN3O2. The lowest BCUT2D eigenvalue weighted by molar-refractivity contribution is -0.133. The molecule has 25 heavy (non-hydrogen) atoms. The van der Waals surface area contributed by atoms with Gasteiger partial charge in [0.15, 0.2) is 0 Å². The number of nitrogens with one attached hydrogen (secondary N) is 1. The van der Waals surface area contributed by atoms with Gasteiger partial charge in [-0.25, -0.2) is 4.39 Å². The van der Waals surface area contributed by atoms with Gasteiger partial charge in [-0.05, 0) is 44.1 Å². The highest BCUT2D eigenvalue weighted by molar-refractivity contribution is 5.85. The second-order valence-electron chi connectivity index (χ2n) is 6.13. The first-order valence-corrected chi connectivity index (χ1v) is 8.54. The van der Waals surface area contributed by atoms with Crippen LogP contribution < -0.4 is 5.32 Å². The molecule has 1 fully saturated rings. The molecule has 1 aromatic rings. The molecule has 0 aromatic heterocycles. The Morgan fingerprint density at radius 1 is 1.12 bits per heavy atom. The van der Waals surface area contributed by atoms with Crippen molar-refractivity contribution in [3.05, 3.63) is 35.6 Å². The van der Waals surface area contributed by atoms with E-state index >= 15 is 0 Å². The van der Waals surface area contributed by atoms with Crippen LogP contribution in [0.15, 0.2) is 24.3 Å². The predicted molar refractivity (Wildman–Crippen MR) is 98.3 cm³/mol. The Morgan fingerprint density at radius 3 is 2.44 bits per heavy atom. The summed E-state index contributed by atoms with van der Waals surface area (Å²) in [5, 5.41) is 3.04.